The lowest BCUT2D eigenvalue weighted by molar-refractivity contribution is -0.150. The van der Waals surface area contributed by atoms with Gasteiger partial charge < -0.3 is 4.74 Å². The summed E-state index contributed by atoms with van der Waals surface area (Å²) in [6.45, 7) is 4.56. The van der Waals surface area contributed by atoms with Crippen molar-refractivity contribution >= 4 is 5.97 Å². The Hall–Kier alpha value is -1.57. The molecule has 2 nitrogen and oxygen atoms in total. The predicted molar refractivity (Wildman–Crippen MR) is 83.3 cm³/mol. The molecule has 1 aromatic carbocycles. The molecule has 1 unspecified atom stereocenters. The summed E-state index contributed by atoms with van der Waals surface area (Å²) in [6.07, 6.45) is 9.32. The SMILES string of the molecule is CCC=CCCCC(CC)C(=O)OCc1ccccc1. The van der Waals surface area contributed by atoms with Gasteiger partial charge in [-0.25, -0.2) is 0 Å². The van der Waals surface area contributed by atoms with Gasteiger partial charge in [0.1, 0.15) is 6.61 Å². The number of unbranched alkanes of at least 4 members (excludes halogenated alkanes) is 1. The first-order chi connectivity index (χ1) is 9.77. The molecule has 110 valence electrons. The average Bonchev–Trinajstić information content (AvgIpc) is 2.49. The van der Waals surface area contributed by atoms with E-state index in [0.717, 1.165) is 37.7 Å². The van der Waals surface area contributed by atoms with Gasteiger partial charge in [-0.15, -0.1) is 0 Å². The Labute approximate surface area is 122 Å². The Morgan fingerprint density at radius 3 is 2.60 bits per heavy atom. The van der Waals surface area contributed by atoms with E-state index in [1.54, 1.807) is 0 Å². The van der Waals surface area contributed by atoms with Crippen LogP contribution in [0.1, 0.15) is 51.5 Å². The molecule has 0 bridgehead atoms. The molecule has 0 amide bonds. The molecule has 0 radical (unpaired) electrons. The van der Waals surface area contributed by atoms with Crippen molar-refractivity contribution in [1.82, 2.24) is 0 Å². The lowest BCUT2D eigenvalue weighted by Gasteiger charge is -2.13. The third-order valence-electron chi connectivity index (χ3n) is 3.38. The number of benzene rings is 1. The molecule has 1 atom stereocenters. The third kappa shape index (κ3) is 6.55. The monoisotopic (exact) mass is 274 g/mol. The summed E-state index contributed by atoms with van der Waals surface area (Å²) in [5, 5.41) is 0. The first-order valence-electron chi connectivity index (χ1n) is 7.63. The Morgan fingerprint density at radius 2 is 1.95 bits per heavy atom. The van der Waals surface area contributed by atoms with Gasteiger partial charge in [0.2, 0.25) is 0 Å². The van der Waals surface area contributed by atoms with Crippen molar-refractivity contribution in [2.24, 2.45) is 5.92 Å². The van der Waals surface area contributed by atoms with Crippen molar-refractivity contribution in [3.63, 3.8) is 0 Å². The Kier molecular flexibility index (Phi) is 8.44. The lowest BCUT2D eigenvalue weighted by Crippen LogP contribution is -2.17. The number of esters is 1. The molecular weight excluding hydrogens is 248 g/mol. The van der Waals surface area contributed by atoms with Crippen molar-refractivity contribution in [3.8, 4) is 0 Å². The molecule has 1 rings (SSSR count). The zero-order chi connectivity index (χ0) is 14.6. The molecule has 0 N–H and O–H groups in total. The van der Waals surface area contributed by atoms with Crippen molar-refractivity contribution in [1.29, 1.82) is 0 Å². The van der Waals surface area contributed by atoms with Crippen LogP contribution in [0.3, 0.4) is 0 Å². The highest BCUT2D eigenvalue weighted by Gasteiger charge is 2.17. The highest BCUT2D eigenvalue weighted by atomic mass is 16.5. The number of hydrogen-bond donors (Lipinski definition) is 0. The molecule has 0 saturated carbocycles. The van der Waals surface area contributed by atoms with E-state index < -0.39 is 0 Å². The lowest BCUT2D eigenvalue weighted by atomic mass is 9.99. The second-order valence-corrected chi connectivity index (χ2v) is 5.01. The second kappa shape index (κ2) is 10.2. The third-order valence-corrected chi connectivity index (χ3v) is 3.38. The van der Waals surface area contributed by atoms with Gasteiger partial charge in [-0.1, -0.05) is 56.3 Å². The summed E-state index contributed by atoms with van der Waals surface area (Å²) in [5.74, 6) is -0.0236. The van der Waals surface area contributed by atoms with Crippen LogP contribution < -0.4 is 0 Å². The molecular formula is C18H26O2. The summed E-state index contributed by atoms with van der Waals surface area (Å²) >= 11 is 0. The number of ether oxygens (including phenoxy) is 1. The predicted octanol–water partition coefficient (Wildman–Crippen LogP) is 4.89. The van der Waals surface area contributed by atoms with Gasteiger partial charge in [0.25, 0.3) is 0 Å². The van der Waals surface area contributed by atoms with E-state index in [0.29, 0.717) is 6.61 Å². The summed E-state index contributed by atoms with van der Waals surface area (Å²) in [6, 6.07) is 9.83. The number of carbonyl (C=O) groups excluding carboxylic acids is 1. The van der Waals surface area contributed by atoms with E-state index in [-0.39, 0.29) is 11.9 Å². The molecule has 0 saturated heterocycles. The van der Waals surface area contributed by atoms with E-state index in [1.807, 2.05) is 30.3 Å². The van der Waals surface area contributed by atoms with Gasteiger partial charge in [-0.05, 0) is 37.7 Å². The van der Waals surface area contributed by atoms with Gasteiger partial charge in [-0.2, -0.15) is 0 Å². The van der Waals surface area contributed by atoms with Crippen molar-refractivity contribution < 1.29 is 9.53 Å². The molecule has 2 heteroatoms. The van der Waals surface area contributed by atoms with Crippen LogP contribution in [0.25, 0.3) is 0 Å². The van der Waals surface area contributed by atoms with Crippen LogP contribution in [0.15, 0.2) is 42.5 Å². The van der Waals surface area contributed by atoms with Gasteiger partial charge in [-0.3, -0.25) is 4.79 Å². The molecule has 0 aromatic heterocycles. The minimum absolute atomic E-state index is 0.0359. The molecule has 0 aliphatic heterocycles. The van der Waals surface area contributed by atoms with Gasteiger partial charge >= 0.3 is 5.97 Å². The van der Waals surface area contributed by atoms with Crippen LogP contribution in [0.4, 0.5) is 0 Å². The highest BCUT2D eigenvalue weighted by molar-refractivity contribution is 5.72. The summed E-state index contributed by atoms with van der Waals surface area (Å²) in [5.41, 5.74) is 1.04. The Morgan fingerprint density at radius 1 is 1.20 bits per heavy atom. The van der Waals surface area contributed by atoms with Crippen molar-refractivity contribution in [3.05, 3.63) is 48.0 Å². The first kappa shape index (κ1) is 16.5. The fourth-order valence-electron chi connectivity index (χ4n) is 2.10. The van der Waals surface area contributed by atoms with Crippen LogP contribution in [-0.4, -0.2) is 5.97 Å². The van der Waals surface area contributed by atoms with Crippen LogP contribution in [0.5, 0.6) is 0 Å². The van der Waals surface area contributed by atoms with Crippen molar-refractivity contribution in [2.75, 3.05) is 0 Å². The second-order valence-electron chi connectivity index (χ2n) is 5.01. The van der Waals surface area contributed by atoms with E-state index in [1.165, 1.54) is 0 Å². The molecule has 0 aliphatic carbocycles. The van der Waals surface area contributed by atoms with Gasteiger partial charge in [0, 0.05) is 0 Å². The average molecular weight is 274 g/mol. The maximum Gasteiger partial charge on any atom is 0.309 e. The number of carbonyl (C=O) groups is 1. The number of allylic oxidation sites excluding steroid dienone is 2. The van der Waals surface area contributed by atoms with Crippen LogP contribution in [0, 0.1) is 5.92 Å². The molecule has 0 aliphatic rings. The number of rotatable bonds is 9. The van der Waals surface area contributed by atoms with Gasteiger partial charge in [0.05, 0.1) is 5.92 Å². The molecule has 0 heterocycles. The summed E-state index contributed by atoms with van der Waals surface area (Å²) in [4.78, 5) is 12.0. The van der Waals surface area contributed by atoms with E-state index in [9.17, 15) is 4.79 Å². The summed E-state index contributed by atoms with van der Waals surface area (Å²) < 4.78 is 5.40. The van der Waals surface area contributed by atoms with Crippen LogP contribution >= 0.6 is 0 Å². The Bertz CT molecular complexity index is 395. The maximum atomic E-state index is 12.0. The molecule has 0 spiro atoms. The maximum absolute atomic E-state index is 12.0. The molecule has 0 fully saturated rings. The Balaban J connectivity index is 2.29. The minimum Gasteiger partial charge on any atom is -0.461 e. The molecule has 1 aromatic rings. The normalized spacial score (nSPS) is 12.5. The summed E-state index contributed by atoms with van der Waals surface area (Å²) in [7, 11) is 0. The fraction of sp³-hybridized carbons (Fsp3) is 0.500. The van der Waals surface area contributed by atoms with E-state index in [2.05, 4.69) is 26.0 Å². The topological polar surface area (TPSA) is 26.3 Å². The fourth-order valence-corrected chi connectivity index (χ4v) is 2.10. The first-order valence-corrected chi connectivity index (χ1v) is 7.63. The smallest absolute Gasteiger partial charge is 0.309 e. The quantitative estimate of drug-likeness (QED) is 0.364. The molecule has 20 heavy (non-hydrogen) atoms. The standard InChI is InChI=1S/C18H26O2/c1-3-5-6-7-11-14-17(4-2)18(19)20-15-16-12-9-8-10-13-16/h5-6,8-10,12-13,17H,3-4,7,11,14-15H2,1-2H3. The van der Waals surface area contributed by atoms with Crippen LogP contribution in [-0.2, 0) is 16.1 Å². The van der Waals surface area contributed by atoms with Crippen LogP contribution in [0.2, 0.25) is 0 Å². The minimum atomic E-state index is -0.0594. The van der Waals surface area contributed by atoms with E-state index in [4.69, 9.17) is 4.74 Å². The van der Waals surface area contributed by atoms with Crippen molar-refractivity contribution in [2.45, 2.75) is 52.6 Å². The van der Waals surface area contributed by atoms with Gasteiger partial charge in [0.15, 0.2) is 0 Å². The zero-order valence-corrected chi connectivity index (χ0v) is 12.7. The largest absolute Gasteiger partial charge is 0.461 e. The number of hydrogen-bond acceptors (Lipinski definition) is 2. The van der Waals surface area contributed by atoms with E-state index >= 15 is 0 Å². The highest BCUT2D eigenvalue weighted by Crippen LogP contribution is 2.16. The zero-order valence-electron chi connectivity index (χ0n) is 12.7.